The minimum Gasteiger partial charge on any atom is -0.481 e. The van der Waals surface area contributed by atoms with Gasteiger partial charge in [0.25, 0.3) is 0 Å². The molecule has 1 aliphatic heterocycles. The SMILES string of the molecule is CC(C)CC(C(=O)O)c1cc(-c2ccc(C(F)(F)F)cc2)cc(C2CCN(Cc3cc(F)cc(C(F)(F)F)c3)CC2)c1. The van der Waals surface area contributed by atoms with Crippen molar-refractivity contribution in [3.63, 3.8) is 0 Å². The molecule has 1 saturated heterocycles. The normalized spacial score (nSPS) is 16.1. The quantitative estimate of drug-likeness (QED) is 0.264. The Labute approximate surface area is 240 Å². The predicted octanol–water partition coefficient (Wildman–Crippen LogP) is 9.12. The maximum atomic E-state index is 13.9. The average molecular weight is 596 g/mol. The third kappa shape index (κ3) is 7.91. The van der Waals surface area contributed by atoms with Crippen LogP contribution in [0.1, 0.15) is 72.8 Å². The molecule has 4 rings (SSSR count). The van der Waals surface area contributed by atoms with E-state index in [2.05, 4.69) is 0 Å². The predicted molar refractivity (Wildman–Crippen MR) is 145 cm³/mol. The van der Waals surface area contributed by atoms with Gasteiger partial charge in [-0.25, -0.2) is 4.39 Å². The lowest BCUT2D eigenvalue weighted by Crippen LogP contribution is -2.32. The van der Waals surface area contributed by atoms with Gasteiger partial charge in [0.15, 0.2) is 0 Å². The second-order valence-corrected chi connectivity index (χ2v) is 11.4. The van der Waals surface area contributed by atoms with Crippen molar-refractivity contribution >= 4 is 5.97 Å². The lowest BCUT2D eigenvalue weighted by atomic mass is 9.82. The van der Waals surface area contributed by atoms with E-state index in [0.29, 0.717) is 55.1 Å². The van der Waals surface area contributed by atoms with Crippen LogP contribution in [0.2, 0.25) is 0 Å². The van der Waals surface area contributed by atoms with Gasteiger partial charge in [0.05, 0.1) is 17.0 Å². The van der Waals surface area contributed by atoms with Crippen molar-refractivity contribution in [2.24, 2.45) is 5.92 Å². The molecule has 1 atom stereocenters. The summed E-state index contributed by atoms with van der Waals surface area (Å²) in [6.45, 7) is 5.04. The highest BCUT2D eigenvalue weighted by Crippen LogP contribution is 2.38. The lowest BCUT2D eigenvalue weighted by molar-refractivity contribution is -0.139. The topological polar surface area (TPSA) is 40.5 Å². The molecule has 0 spiro atoms. The number of aliphatic carboxylic acids is 1. The minimum atomic E-state index is -4.65. The van der Waals surface area contributed by atoms with Gasteiger partial charge in [0.2, 0.25) is 0 Å². The average Bonchev–Trinajstić information content (AvgIpc) is 2.90. The Bertz CT molecular complexity index is 1390. The van der Waals surface area contributed by atoms with Gasteiger partial charge in [-0.05, 0) is 102 Å². The van der Waals surface area contributed by atoms with Crippen molar-refractivity contribution in [1.82, 2.24) is 4.90 Å². The van der Waals surface area contributed by atoms with Crippen molar-refractivity contribution < 1.29 is 40.6 Å². The Kier molecular flexibility index (Phi) is 9.35. The van der Waals surface area contributed by atoms with Crippen LogP contribution in [0.5, 0.6) is 0 Å². The molecule has 1 fully saturated rings. The monoisotopic (exact) mass is 595 g/mol. The minimum absolute atomic E-state index is 0.00105. The Hall–Kier alpha value is -3.40. The summed E-state index contributed by atoms with van der Waals surface area (Å²) in [4.78, 5) is 14.2. The van der Waals surface area contributed by atoms with E-state index in [1.54, 1.807) is 6.07 Å². The highest BCUT2D eigenvalue weighted by Gasteiger charge is 2.32. The van der Waals surface area contributed by atoms with Gasteiger partial charge < -0.3 is 5.11 Å². The molecule has 0 bridgehead atoms. The number of nitrogens with zero attached hydrogens (tertiary/aromatic N) is 1. The number of alkyl halides is 6. The fourth-order valence-corrected chi connectivity index (χ4v) is 5.57. The third-order valence-corrected chi connectivity index (χ3v) is 7.68. The zero-order valence-corrected chi connectivity index (χ0v) is 23.2. The van der Waals surface area contributed by atoms with E-state index >= 15 is 0 Å². The zero-order valence-electron chi connectivity index (χ0n) is 23.2. The maximum Gasteiger partial charge on any atom is 0.416 e. The number of carboxylic acids is 1. The van der Waals surface area contributed by atoms with Crippen molar-refractivity contribution in [1.29, 1.82) is 0 Å². The highest BCUT2D eigenvalue weighted by molar-refractivity contribution is 5.78. The molecular weight excluding hydrogens is 563 g/mol. The van der Waals surface area contributed by atoms with Crippen LogP contribution in [0.3, 0.4) is 0 Å². The van der Waals surface area contributed by atoms with E-state index in [4.69, 9.17) is 0 Å². The first-order chi connectivity index (χ1) is 19.6. The van der Waals surface area contributed by atoms with Gasteiger partial charge >= 0.3 is 18.3 Å². The fourth-order valence-electron chi connectivity index (χ4n) is 5.57. The Morgan fingerprint density at radius 3 is 2.02 bits per heavy atom. The summed E-state index contributed by atoms with van der Waals surface area (Å²) >= 11 is 0. The number of hydrogen-bond acceptors (Lipinski definition) is 2. The molecule has 3 nitrogen and oxygen atoms in total. The summed E-state index contributed by atoms with van der Waals surface area (Å²) in [5, 5.41) is 10.00. The summed E-state index contributed by atoms with van der Waals surface area (Å²) < 4.78 is 92.7. The van der Waals surface area contributed by atoms with E-state index in [0.717, 1.165) is 29.8 Å². The van der Waals surface area contributed by atoms with Gasteiger partial charge in [-0.3, -0.25) is 9.69 Å². The van der Waals surface area contributed by atoms with Gasteiger partial charge in [0, 0.05) is 6.54 Å². The molecule has 1 aliphatic rings. The van der Waals surface area contributed by atoms with E-state index in [1.807, 2.05) is 30.9 Å². The molecule has 42 heavy (non-hydrogen) atoms. The van der Waals surface area contributed by atoms with Crippen LogP contribution in [0.4, 0.5) is 30.7 Å². The van der Waals surface area contributed by atoms with Crippen molar-refractivity contribution in [3.8, 4) is 11.1 Å². The summed E-state index contributed by atoms with van der Waals surface area (Å²) in [5.41, 5.74) is 1.00. The van der Waals surface area contributed by atoms with Crippen LogP contribution in [-0.2, 0) is 23.7 Å². The second-order valence-electron chi connectivity index (χ2n) is 11.4. The summed E-state index contributed by atoms with van der Waals surface area (Å²) in [5.74, 6) is -2.64. The molecule has 3 aromatic rings. The van der Waals surface area contributed by atoms with E-state index in [-0.39, 0.29) is 23.9 Å². The smallest absolute Gasteiger partial charge is 0.416 e. The molecular formula is C32H32F7NO2. The zero-order chi connectivity index (χ0) is 30.8. The molecule has 10 heteroatoms. The molecule has 3 aromatic carbocycles. The Morgan fingerprint density at radius 2 is 1.48 bits per heavy atom. The first-order valence-corrected chi connectivity index (χ1v) is 13.7. The Morgan fingerprint density at radius 1 is 0.857 bits per heavy atom. The second kappa shape index (κ2) is 12.5. The standard InChI is InChI=1S/C32H32F7NO2/c1-19(2)11-29(30(41)42)25-15-23(21-3-5-26(6-4-21)31(34,35)36)14-24(16-25)22-7-9-40(10-8-22)18-20-12-27(32(37,38)39)17-28(33)13-20/h3-6,12-17,19,22,29H,7-11,18H2,1-2H3,(H,41,42). The molecule has 0 radical (unpaired) electrons. The number of rotatable bonds is 8. The molecule has 1 heterocycles. The molecule has 0 aromatic heterocycles. The lowest BCUT2D eigenvalue weighted by Gasteiger charge is -2.33. The van der Waals surface area contributed by atoms with E-state index < -0.39 is 41.2 Å². The van der Waals surface area contributed by atoms with E-state index in [1.165, 1.54) is 12.1 Å². The number of likely N-dealkylation sites (tertiary alicyclic amines) is 1. The third-order valence-electron chi connectivity index (χ3n) is 7.68. The number of piperidine rings is 1. The van der Waals surface area contributed by atoms with Crippen molar-refractivity contribution in [2.75, 3.05) is 13.1 Å². The van der Waals surface area contributed by atoms with Crippen LogP contribution in [0.25, 0.3) is 11.1 Å². The number of benzene rings is 3. The van der Waals surface area contributed by atoms with Gasteiger partial charge in [-0.1, -0.05) is 44.2 Å². The maximum absolute atomic E-state index is 13.9. The molecule has 1 N–H and O–H groups in total. The van der Waals surface area contributed by atoms with Crippen LogP contribution in [-0.4, -0.2) is 29.1 Å². The number of hydrogen-bond donors (Lipinski definition) is 1. The summed E-state index contributed by atoms with van der Waals surface area (Å²) in [7, 11) is 0. The fraction of sp³-hybridized carbons (Fsp3) is 0.406. The molecule has 0 aliphatic carbocycles. The van der Waals surface area contributed by atoms with Gasteiger partial charge in [-0.2, -0.15) is 26.3 Å². The van der Waals surface area contributed by atoms with Crippen molar-refractivity contribution in [2.45, 2.75) is 63.8 Å². The molecule has 1 unspecified atom stereocenters. The molecule has 0 saturated carbocycles. The van der Waals surface area contributed by atoms with Gasteiger partial charge in [-0.15, -0.1) is 0 Å². The molecule has 226 valence electrons. The van der Waals surface area contributed by atoms with Crippen LogP contribution in [0.15, 0.2) is 60.7 Å². The largest absolute Gasteiger partial charge is 0.481 e. The summed E-state index contributed by atoms with van der Waals surface area (Å²) in [6.07, 6.45) is -7.50. The summed E-state index contributed by atoms with van der Waals surface area (Å²) in [6, 6.07) is 12.7. The Balaban J connectivity index is 1.59. The van der Waals surface area contributed by atoms with Gasteiger partial charge in [0.1, 0.15) is 5.82 Å². The van der Waals surface area contributed by atoms with Crippen LogP contribution in [0, 0.1) is 11.7 Å². The number of carboxylic acid groups (broad SMARTS) is 1. The number of carbonyl (C=O) groups is 1. The van der Waals surface area contributed by atoms with E-state index in [9.17, 15) is 40.6 Å². The molecule has 0 amide bonds. The highest BCUT2D eigenvalue weighted by atomic mass is 19.4. The number of halogens is 7. The van der Waals surface area contributed by atoms with Crippen LogP contribution >= 0.6 is 0 Å². The first kappa shape index (κ1) is 31.5. The van der Waals surface area contributed by atoms with Crippen LogP contribution < -0.4 is 0 Å². The first-order valence-electron chi connectivity index (χ1n) is 13.7. The van der Waals surface area contributed by atoms with Crippen molar-refractivity contribution in [3.05, 3.63) is 94.3 Å².